The number of pyridine rings is 1. The van der Waals surface area contributed by atoms with Gasteiger partial charge in [0, 0.05) is 27.2 Å². The summed E-state index contributed by atoms with van der Waals surface area (Å²) < 4.78 is 27.0. The zero-order valence-electron chi connectivity index (χ0n) is 12.0. The van der Waals surface area contributed by atoms with E-state index < -0.39 is 10.2 Å². The lowest BCUT2D eigenvalue weighted by Gasteiger charge is -2.21. The van der Waals surface area contributed by atoms with Gasteiger partial charge in [0.1, 0.15) is 5.82 Å². The van der Waals surface area contributed by atoms with Crippen LogP contribution in [-0.2, 0) is 10.2 Å². The molecule has 20 heavy (non-hydrogen) atoms. The molecule has 112 valence electrons. The summed E-state index contributed by atoms with van der Waals surface area (Å²) in [6.07, 6.45) is 6.50. The number of nitrogens with zero attached hydrogens (tertiary/aromatic N) is 3. The molecule has 0 saturated carbocycles. The van der Waals surface area contributed by atoms with E-state index in [1.54, 1.807) is 12.3 Å². The zero-order chi connectivity index (χ0) is 14.6. The fraction of sp³-hybridized carbons (Fsp3) is 0.615. The molecule has 2 heterocycles. The van der Waals surface area contributed by atoms with Crippen molar-refractivity contribution in [2.75, 3.05) is 36.8 Å². The molecule has 1 aliphatic heterocycles. The lowest BCUT2D eigenvalue weighted by molar-refractivity contribution is 0.527. The largest absolute Gasteiger partial charge is 0.357 e. The highest BCUT2D eigenvalue weighted by Crippen LogP contribution is 2.19. The summed E-state index contributed by atoms with van der Waals surface area (Å²) in [7, 11) is -0.490. The molecule has 1 aromatic rings. The molecule has 1 aliphatic rings. The van der Waals surface area contributed by atoms with Gasteiger partial charge in [-0.3, -0.25) is 4.72 Å². The lowest BCUT2D eigenvalue weighted by atomic mass is 10.2. The minimum atomic E-state index is -3.47. The van der Waals surface area contributed by atoms with E-state index in [1.165, 1.54) is 39.8 Å². The molecule has 0 bridgehead atoms. The summed E-state index contributed by atoms with van der Waals surface area (Å²) in [5, 5.41) is 0. The molecular weight excluding hydrogens is 276 g/mol. The van der Waals surface area contributed by atoms with Crippen molar-refractivity contribution < 1.29 is 8.42 Å². The van der Waals surface area contributed by atoms with Crippen LogP contribution in [0, 0.1) is 0 Å². The van der Waals surface area contributed by atoms with E-state index in [0.29, 0.717) is 5.69 Å². The normalized spacial score (nSPS) is 17.1. The van der Waals surface area contributed by atoms with Crippen molar-refractivity contribution >= 4 is 21.7 Å². The quantitative estimate of drug-likeness (QED) is 0.918. The molecule has 1 fully saturated rings. The van der Waals surface area contributed by atoms with Crippen molar-refractivity contribution in [1.82, 2.24) is 9.29 Å². The van der Waals surface area contributed by atoms with Gasteiger partial charge in [-0.25, -0.2) is 4.98 Å². The molecule has 1 N–H and O–H groups in total. The van der Waals surface area contributed by atoms with E-state index in [-0.39, 0.29) is 0 Å². The molecule has 0 spiro atoms. The highest BCUT2D eigenvalue weighted by molar-refractivity contribution is 7.90. The Morgan fingerprint density at radius 1 is 1.15 bits per heavy atom. The Labute approximate surface area is 121 Å². The molecular formula is C13H22N4O2S. The first kappa shape index (κ1) is 15.1. The molecule has 0 aliphatic carbocycles. The molecule has 1 aromatic heterocycles. The van der Waals surface area contributed by atoms with Crippen molar-refractivity contribution in [3.8, 4) is 0 Å². The Morgan fingerprint density at radius 3 is 2.30 bits per heavy atom. The number of nitrogens with one attached hydrogen (secondary N) is 1. The van der Waals surface area contributed by atoms with Crippen molar-refractivity contribution in [3.05, 3.63) is 18.3 Å². The van der Waals surface area contributed by atoms with Crippen molar-refractivity contribution in [3.63, 3.8) is 0 Å². The van der Waals surface area contributed by atoms with E-state index >= 15 is 0 Å². The molecule has 0 radical (unpaired) electrons. The van der Waals surface area contributed by atoms with Gasteiger partial charge in [0.25, 0.3) is 0 Å². The average Bonchev–Trinajstić information content (AvgIpc) is 2.68. The first-order valence-electron chi connectivity index (χ1n) is 6.90. The molecule has 0 unspecified atom stereocenters. The van der Waals surface area contributed by atoms with Crippen LogP contribution in [0.25, 0.3) is 0 Å². The number of hydrogen-bond donors (Lipinski definition) is 1. The molecule has 1 saturated heterocycles. The van der Waals surface area contributed by atoms with E-state index in [9.17, 15) is 8.42 Å². The van der Waals surface area contributed by atoms with Gasteiger partial charge < -0.3 is 4.90 Å². The van der Waals surface area contributed by atoms with Gasteiger partial charge in [-0.1, -0.05) is 12.8 Å². The number of hydrogen-bond acceptors (Lipinski definition) is 4. The Kier molecular flexibility index (Phi) is 4.82. The summed E-state index contributed by atoms with van der Waals surface area (Å²) in [5.41, 5.74) is 0.484. The van der Waals surface area contributed by atoms with Crippen LogP contribution < -0.4 is 9.62 Å². The SMILES string of the molecule is CN(C)S(=O)(=O)Nc1ccc(N2CCCCCC2)nc1. The van der Waals surface area contributed by atoms with E-state index in [2.05, 4.69) is 14.6 Å². The highest BCUT2D eigenvalue weighted by Gasteiger charge is 2.14. The average molecular weight is 298 g/mol. The van der Waals surface area contributed by atoms with Crippen LogP contribution in [0.15, 0.2) is 18.3 Å². The lowest BCUT2D eigenvalue weighted by Crippen LogP contribution is -2.29. The number of rotatable bonds is 4. The van der Waals surface area contributed by atoms with E-state index in [4.69, 9.17) is 0 Å². The number of anilines is 2. The summed E-state index contributed by atoms with van der Waals surface area (Å²) in [6, 6.07) is 3.63. The van der Waals surface area contributed by atoms with Crippen LogP contribution in [0.1, 0.15) is 25.7 Å². The molecule has 0 amide bonds. The summed E-state index contributed by atoms with van der Waals surface area (Å²) in [6.45, 7) is 2.05. The van der Waals surface area contributed by atoms with Crippen LogP contribution in [-0.4, -0.2) is 44.9 Å². The third-order valence-electron chi connectivity index (χ3n) is 3.41. The van der Waals surface area contributed by atoms with Crippen molar-refractivity contribution in [1.29, 1.82) is 0 Å². The van der Waals surface area contributed by atoms with Gasteiger partial charge >= 0.3 is 10.2 Å². The molecule has 7 heteroatoms. The van der Waals surface area contributed by atoms with Crippen molar-refractivity contribution in [2.45, 2.75) is 25.7 Å². The third kappa shape index (κ3) is 3.83. The van der Waals surface area contributed by atoms with Gasteiger partial charge in [-0.15, -0.1) is 0 Å². The van der Waals surface area contributed by atoms with Gasteiger partial charge in [0.15, 0.2) is 0 Å². The first-order chi connectivity index (χ1) is 9.49. The Bertz CT molecular complexity index is 520. The van der Waals surface area contributed by atoms with Crippen molar-refractivity contribution in [2.24, 2.45) is 0 Å². The second-order valence-electron chi connectivity index (χ2n) is 5.20. The fourth-order valence-corrected chi connectivity index (χ4v) is 2.77. The minimum absolute atomic E-state index is 0.484. The van der Waals surface area contributed by atoms with Crippen LogP contribution in [0.4, 0.5) is 11.5 Å². The van der Waals surface area contributed by atoms with Crippen LogP contribution in [0.5, 0.6) is 0 Å². The first-order valence-corrected chi connectivity index (χ1v) is 8.34. The van der Waals surface area contributed by atoms with Gasteiger partial charge in [-0.2, -0.15) is 12.7 Å². The second kappa shape index (κ2) is 6.41. The van der Waals surface area contributed by atoms with Crippen LogP contribution in [0.2, 0.25) is 0 Å². The number of aromatic nitrogens is 1. The Morgan fingerprint density at radius 2 is 1.80 bits per heavy atom. The summed E-state index contributed by atoms with van der Waals surface area (Å²) in [4.78, 5) is 6.63. The Hall–Kier alpha value is -1.34. The van der Waals surface area contributed by atoms with Crippen LogP contribution in [0.3, 0.4) is 0 Å². The smallest absolute Gasteiger partial charge is 0.301 e. The minimum Gasteiger partial charge on any atom is -0.357 e. The Balaban J connectivity index is 2.06. The predicted octanol–water partition coefficient (Wildman–Crippen LogP) is 1.68. The fourth-order valence-electron chi connectivity index (χ4n) is 2.17. The maximum Gasteiger partial charge on any atom is 0.301 e. The van der Waals surface area contributed by atoms with Gasteiger partial charge in [0.2, 0.25) is 0 Å². The molecule has 0 atom stereocenters. The predicted molar refractivity (Wildman–Crippen MR) is 81.1 cm³/mol. The second-order valence-corrected chi connectivity index (χ2v) is 7.08. The highest BCUT2D eigenvalue weighted by atomic mass is 32.2. The third-order valence-corrected chi connectivity index (χ3v) is 4.86. The maximum absolute atomic E-state index is 11.7. The molecule has 0 aromatic carbocycles. The monoisotopic (exact) mass is 298 g/mol. The zero-order valence-corrected chi connectivity index (χ0v) is 12.9. The maximum atomic E-state index is 11.7. The van der Waals surface area contributed by atoms with Crippen LogP contribution >= 0.6 is 0 Å². The topological polar surface area (TPSA) is 65.5 Å². The standard InChI is InChI=1S/C13H22N4O2S/c1-16(2)20(18,19)15-12-7-8-13(14-11-12)17-9-5-3-4-6-10-17/h7-8,11,15H,3-6,9-10H2,1-2H3. The van der Waals surface area contributed by atoms with E-state index in [1.807, 2.05) is 6.07 Å². The molecule has 2 rings (SSSR count). The molecule has 6 nitrogen and oxygen atoms in total. The van der Waals surface area contributed by atoms with Gasteiger partial charge in [-0.05, 0) is 25.0 Å². The van der Waals surface area contributed by atoms with E-state index in [0.717, 1.165) is 23.2 Å². The summed E-state index contributed by atoms with van der Waals surface area (Å²) >= 11 is 0. The summed E-state index contributed by atoms with van der Waals surface area (Å²) in [5.74, 6) is 0.916. The van der Waals surface area contributed by atoms with Gasteiger partial charge in [0.05, 0.1) is 11.9 Å².